The first-order valence-corrected chi connectivity index (χ1v) is 8.99. The second-order valence-electron chi connectivity index (χ2n) is 4.97. The predicted molar refractivity (Wildman–Crippen MR) is 96.1 cm³/mol. The molecule has 124 valence electrons. The van der Waals surface area contributed by atoms with Gasteiger partial charge >= 0.3 is 0 Å². The lowest BCUT2D eigenvalue weighted by molar-refractivity contribution is 0.102. The lowest BCUT2D eigenvalue weighted by Crippen LogP contribution is -2.11. The molecular weight excluding hydrogens is 344 g/mol. The highest BCUT2D eigenvalue weighted by atomic mass is 32.1. The normalized spacial score (nSPS) is 10.6. The van der Waals surface area contributed by atoms with Crippen molar-refractivity contribution in [3.05, 3.63) is 39.8 Å². The number of hydrogen-bond acceptors (Lipinski definition) is 7. The zero-order valence-electron chi connectivity index (χ0n) is 13.5. The first-order chi connectivity index (χ1) is 11.6. The van der Waals surface area contributed by atoms with E-state index in [-0.39, 0.29) is 5.91 Å². The zero-order chi connectivity index (χ0) is 17.1. The van der Waals surface area contributed by atoms with Crippen LogP contribution < -0.4 is 10.1 Å². The van der Waals surface area contributed by atoms with Crippen LogP contribution in [0, 0.1) is 6.92 Å². The lowest BCUT2D eigenvalue weighted by Gasteiger charge is -2.00. The predicted octanol–water partition coefficient (Wildman–Crippen LogP) is 3.79. The van der Waals surface area contributed by atoms with Crippen LogP contribution in [0.15, 0.2) is 24.3 Å². The van der Waals surface area contributed by atoms with Gasteiger partial charge in [0.1, 0.15) is 20.6 Å². The molecule has 0 unspecified atom stereocenters. The molecule has 0 bridgehead atoms. The average Bonchev–Trinajstić information content (AvgIpc) is 3.21. The summed E-state index contributed by atoms with van der Waals surface area (Å²) in [7, 11) is 1.63. The molecule has 0 saturated heterocycles. The number of carbonyl (C=O) groups is 1. The lowest BCUT2D eigenvalue weighted by atomic mass is 10.2. The molecule has 0 spiro atoms. The molecule has 3 rings (SSSR count). The van der Waals surface area contributed by atoms with E-state index in [2.05, 4.69) is 20.5 Å². The third-order valence-electron chi connectivity index (χ3n) is 3.33. The quantitative estimate of drug-likeness (QED) is 0.749. The maximum Gasteiger partial charge on any atom is 0.269 e. The Hall–Kier alpha value is -2.32. The first-order valence-electron chi connectivity index (χ1n) is 7.36. The Labute approximate surface area is 147 Å². The Morgan fingerprint density at radius 1 is 1.21 bits per heavy atom. The van der Waals surface area contributed by atoms with Crippen LogP contribution in [0.25, 0.3) is 10.6 Å². The summed E-state index contributed by atoms with van der Waals surface area (Å²) in [5.74, 6) is 0.580. The van der Waals surface area contributed by atoms with Crippen LogP contribution >= 0.6 is 22.7 Å². The van der Waals surface area contributed by atoms with Crippen molar-refractivity contribution in [3.63, 3.8) is 0 Å². The minimum Gasteiger partial charge on any atom is -0.497 e. The van der Waals surface area contributed by atoms with E-state index in [0.717, 1.165) is 27.7 Å². The second kappa shape index (κ2) is 7.06. The minimum atomic E-state index is -0.205. The van der Waals surface area contributed by atoms with Crippen LogP contribution in [0.5, 0.6) is 5.75 Å². The Kier molecular flexibility index (Phi) is 4.86. The molecule has 0 aliphatic heterocycles. The van der Waals surface area contributed by atoms with Gasteiger partial charge in [-0.2, -0.15) is 0 Å². The van der Waals surface area contributed by atoms with Gasteiger partial charge in [0.15, 0.2) is 0 Å². The maximum atomic E-state index is 12.5. The summed E-state index contributed by atoms with van der Waals surface area (Å²) in [5.41, 5.74) is 1.65. The van der Waals surface area contributed by atoms with E-state index in [1.807, 2.05) is 38.1 Å². The van der Waals surface area contributed by atoms with E-state index in [1.54, 1.807) is 7.11 Å². The Morgan fingerprint density at radius 3 is 2.58 bits per heavy atom. The monoisotopic (exact) mass is 360 g/mol. The van der Waals surface area contributed by atoms with Crippen LogP contribution in [0.4, 0.5) is 5.13 Å². The van der Waals surface area contributed by atoms with Gasteiger partial charge in [-0.25, -0.2) is 4.98 Å². The van der Waals surface area contributed by atoms with Gasteiger partial charge in [-0.1, -0.05) is 18.3 Å². The summed E-state index contributed by atoms with van der Waals surface area (Å²) in [6, 6.07) is 7.60. The highest BCUT2D eigenvalue weighted by Crippen LogP contribution is 2.30. The van der Waals surface area contributed by atoms with Crippen molar-refractivity contribution in [1.29, 1.82) is 0 Å². The van der Waals surface area contributed by atoms with Crippen molar-refractivity contribution in [3.8, 4) is 16.3 Å². The highest BCUT2D eigenvalue weighted by molar-refractivity contribution is 7.17. The summed E-state index contributed by atoms with van der Waals surface area (Å²) in [4.78, 5) is 17.5. The minimum absolute atomic E-state index is 0.205. The molecule has 0 radical (unpaired) electrons. The van der Waals surface area contributed by atoms with Crippen molar-refractivity contribution in [2.75, 3.05) is 12.4 Å². The molecule has 2 heterocycles. The number of benzene rings is 1. The number of carbonyl (C=O) groups excluding carboxylic acids is 1. The largest absolute Gasteiger partial charge is 0.497 e. The van der Waals surface area contributed by atoms with E-state index >= 15 is 0 Å². The number of thiazole rings is 1. The van der Waals surface area contributed by atoms with Crippen LogP contribution in [-0.2, 0) is 6.42 Å². The molecule has 0 aliphatic carbocycles. The smallest absolute Gasteiger partial charge is 0.269 e. The van der Waals surface area contributed by atoms with Gasteiger partial charge in [-0.3, -0.25) is 10.1 Å². The molecule has 0 atom stereocenters. The van der Waals surface area contributed by atoms with Crippen molar-refractivity contribution in [1.82, 2.24) is 15.2 Å². The van der Waals surface area contributed by atoms with Crippen LogP contribution in [0.3, 0.4) is 0 Å². The maximum absolute atomic E-state index is 12.5. The number of aromatic nitrogens is 3. The number of amides is 1. The molecule has 2 aromatic heterocycles. The third-order valence-corrected chi connectivity index (χ3v) is 5.52. The van der Waals surface area contributed by atoms with Crippen LogP contribution in [-0.4, -0.2) is 28.2 Å². The molecule has 1 N–H and O–H groups in total. The fourth-order valence-corrected chi connectivity index (χ4v) is 3.71. The van der Waals surface area contributed by atoms with Gasteiger partial charge in [0.25, 0.3) is 5.91 Å². The van der Waals surface area contributed by atoms with E-state index in [4.69, 9.17) is 4.74 Å². The van der Waals surface area contributed by atoms with Gasteiger partial charge in [-0.15, -0.1) is 21.5 Å². The Bertz CT molecular complexity index is 855. The average molecular weight is 360 g/mol. The van der Waals surface area contributed by atoms with Crippen molar-refractivity contribution >= 4 is 33.7 Å². The molecule has 0 fully saturated rings. The summed E-state index contributed by atoms with van der Waals surface area (Å²) < 4.78 is 5.16. The summed E-state index contributed by atoms with van der Waals surface area (Å²) in [5, 5.41) is 13.0. The Morgan fingerprint density at radius 2 is 1.96 bits per heavy atom. The van der Waals surface area contributed by atoms with Gasteiger partial charge in [0.2, 0.25) is 5.13 Å². The summed E-state index contributed by atoms with van der Waals surface area (Å²) in [6.45, 7) is 3.83. The SMILES string of the molecule is CCc1nnc(NC(=O)c2sc(-c3ccc(OC)cc3)nc2C)s1. The first kappa shape index (κ1) is 16.5. The van der Waals surface area contributed by atoms with E-state index < -0.39 is 0 Å². The number of hydrogen-bond donors (Lipinski definition) is 1. The molecule has 0 aliphatic rings. The number of methoxy groups -OCH3 is 1. The Balaban J connectivity index is 1.80. The van der Waals surface area contributed by atoms with Crippen molar-refractivity contribution < 1.29 is 9.53 Å². The van der Waals surface area contributed by atoms with E-state index in [9.17, 15) is 4.79 Å². The molecule has 1 amide bonds. The topological polar surface area (TPSA) is 77.0 Å². The van der Waals surface area contributed by atoms with Crippen LogP contribution in [0.2, 0.25) is 0 Å². The van der Waals surface area contributed by atoms with Gasteiger partial charge in [-0.05, 0) is 37.6 Å². The number of nitrogens with zero attached hydrogens (tertiary/aromatic N) is 3. The summed E-state index contributed by atoms with van der Waals surface area (Å²) >= 11 is 2.74. The van der Waals surface area contributed by atoms with Gasteiger partial charge in [0.05, 0.1) is 12.8 Å². The van der Waals surface area contributed by atoms with Crippen molar-refractivity contribution in [2.45, 2.75) is 20.3 Å². The standard InChI is InChI=1S/C16H16N4O2S2/c1-4-12-19-20-16(23-12)18-14(21)13-9(2)17-15(24-13)10-5-7-11(22-3)8-6-10/h5-8H,4H2,1-3H3,(H,18,20,21). The fraction of sp³-hybridized carbons (Fsp3) is 0.250. The number of nitrogens with one attached hydrogen (secondary N) is 1. The molecule has 8 heteroatoms. The number of aryl methyl sites for hydroxylation is 2. The number of rotatable bonds is 5. The fourth-order valence-electron chi connectivity index (χ4n) is 2.07. The molecular formula is C16H16N4O2S2. The molecule has 24 heavy (non-hydrogen) atoms. The second-order valence-corrected chi connectivity index (χ2v) is 7.03. The third kappa shape index (κ3) is 3.44. The van der Waals surface area contributed by atoms with Gasteiger partial charge < -0.3 is 4.74 Å². The van der Waals surface area contributed by atoms with E-state index in [0.29, 0.717) is 15.7 Å². The molecule has 1 aromatic carbocycles. The molecule has 6 nitrogen and oxygen atoms in total. The summed E-state index contributed by atoms with van der Waals surface area (Å²) in [6.07, 6.45) is 0.800. The number of anilines is 1. The molecule has 3 aromatic rings. The van der Waals surface area contributed by atoms with Crippen LogP contribution in [0.1, 0.15) is 27.3 Å². The van der Waals surface area contributed by atoms with Crippen molar-refractivity contribution in [2.24, 2.45) is 0 Å². The van der Waals surface area contributed by atoms with E-state index in [1.165, 1.54) is 22.7 Å². The zero-order valence-corrected chi connectivity index (χ0v) is 15.1. The van der Waals surface area contributed by atoms with Gasteiger partial charge in [0, 0.05) is 5.56 Å². The number of ether oxygens (including phenoxy) is 1. The molecule has 0 saturated carbocycles. The highest BCUT2D eigenvalue weighted by Gasteiger charge is 2.18.